The fourth-order valence-corrected chi connectivity index (χ4v) is 4.12. The normalized spacial score (nSPS) is 17.1. The van der Waals surface area contributed by atoms with Gasteiger partial charge in [-0.05, 0) is 78.6 Å². The molecule has 1 aliphatic heterocycles. The fraction of sp³-hybridized carbons (Fsp3) is 0.238. The zero-order valence-electron chi connectivity index (χ0n) is 14.8. The standard InChI is InChI=1S/C21H20N2O2S/c1-13-3-5-17(11-14(13)2)23-9-7-18(21(23)25)20(24)22-16-4-6-19-15(12-16)8-10-26-19/h3-6,8,10-12,18H,7,9H2,1-2H3,(H,22,24). The molecule has 1 aromatic heterocycles. The lowest BCUT2D eigenvalue weighted by molar-refractivity contribution is -0.129. The molecule has 1 N–H and O–H groups in total. The van der Waals surface area contributed by atoms with Gasteiger partial charge in [0.25, 0.3) is 0 Å². The largest absolute Gasteiger partial charge is 0.325 e. The van der Waals surface area contributed by atoms with Crippen molar-refractivity contribution in [2.24, 2.45) is 5.92 Å². The lowest BCUT2D eigenvalue weighted by Crippen LogP contribution is -2.33. The number of nitrogens with zero attached hydrogens (tertiary/aromatic N) is 1. The monoisotopic (exact) mass is 364 g/mol. The Morgan fingerprint density at radius 2 is 1.96 bits per heavy atom. The number of amides is 2. The molecule has 0 saturated carbocycles. The van der Waals surface area contributed by atoms with E-state index in [1.807, 2.05) is 61.7 Å². The third-order valence-corrected chi connectivity index (χ3v) is 5.94. The Bertz CT molecular complexity index is 1010. The summed E-state index contributed by atoms with van der Waals surface area (Å²) in [6.45, 7) is 4.65. The number of anilines is 2. The highest BCUT2D eigenvalue weighted by Gasteiger charge is 2.37. The molecule has 132 valence electrons. The fourth-order valence-electron chi connectivity index (χ4n) is 3.35. The van der Waals surface area contributed by atoms with Gasteiger partial charge in [-0.15, -0.1) is 11.3 Å². The molecule has 3 aromatic rings. The van der Waals surface area contributed by atoms with Gasteiger partial charge in [0, 0.05) is 22.6 Å². The van der Waals surface area contributed by atoms with Crippen molar-refractivity contribution >= 4 is 44.6 Å². The highest BCUT2D eigenvalue weighted by atomic mass is 32.1. The van der Waals surface area contributed by atoms with E-state index in [0.29, 0.717) is 13.0 Å². The maximum absolute atomic E-state index is 12.8. The summed E-state index contributed by atoms with van der Waals surface area (Å²) in [5, 5.41) is 6.03. The SMILES string of the molecule is Cc1ccc(N2CCC(C(=O)Nc3ccc4sccc4c3)C2=O)cc1C. The average molecular weight is 364 g/mol. The summed E-state index contributed by atoms with van der Waals surface area (Å²) in [6, 6.07) is 13.8. The van der Waals surface area contributed by atoms with Crippen molar-refractivity contribution in [2.45, 2.75) is 20.3 Å². The molecule has 5 heteroatoms. The number of nitrogens with one attached hydrogen (secondary N) is 1. The summed E-state index contributed by atoms with van der Waals surface area (Å²) in [5.41, 5.74) is 3.94. The van der Waals surface area contributed by atoms with E-state index < -0.39 is 5.92 Å². The van der Waals surface area contributed by atoms with Gasteiger partial charge >= 0.3 is 0 Å². The molecule has 0 radical (unpaired) electrons. The van der Waals surface area contributed by atoms with Crippen molar-refractivity contribution in [1.82, 2.24) is 0 Å². The maximum atomic E-state index is 12.8. The second-order valence-corrected chi connectivity index (χ2v) is 7.71. The topological polar surface area (TPSA) is 49.4 Å². The molecule has 2 aromatic carbocycles. The van der Waals surface area contributed by atoms with Crippen molar-refractivity contribution < 1.29 is 9.59 Å². The summed E-state index contributed by atoms with van der Waals surface area (Å²) in [7, 11) is 0. The molecule has 1 fully saturated rings. The number of carbonyl (C=O) groups excluding carboxylic acids is 2. The van der Waals surface area contributed by atoms with Gasteiger partial charge in [-0.1, -0.05) is 6.07 Å². The van der Waals surface area contributed by atoms with Gasteiger partial charge in [0.15, 0.2) is 0 Å². The number of aryl methyl sites for hydroxylation is 2. The van der Waals surface area contributed by atoms with Gasteiger partial charge in [-0.2, -0.15) is 0 Å². The van der Waals surface area contributed by atoms with Crippen LogP contribution in [0.3, 0.4) is 0 Å². The first-order chi connectivity index (χ1) is 12.5. The van der Waals surface area contributed by atoms with E-state index in [-0.39, 0.29) is 11.8 Å². The Morgan fingerprint density at radius 3 is 2.77 bits per heavy atom. The van der Waals surface area contributed by atoms with E-state index in [0.717, 1.165) is 22.3 Å². The quantitative estimate of drug-likeness (QED) is 0.695. The van der Waals surface area contributed by atoms with Crippen LogP contribution in [0.1, 0.15) is 17.5 Å². The highest BCUT2D eigenvalue weighted by Crippen LogP contribution is 2.29. The van der Waals surface area contributed by atoms with E-state index in [9.17, 15) is 9.59 Å². The number of rotatable bonds is 3. The summed E-state index contributed by atoms with van der Waals surface area (Å²) >= 11 is 1.67. The Hall–Kier alpha value is -2.66. The van der Waals surface area contributed by atoms with Crippen LogP contribution in [0.2, 0.25) is 0 Å². The van der Waals surface area contributed by atoms with Crippen LogP contribution >= 0.6 is 11.3 Å². The molecule has 1 atom stereocenters. The Kier molecular flexibility index (Phi) is 4.24. The second-order valence-electron chi connectivity index (χ2n) is 6.76. The summed E-state index contributed by atoms with van der Waals surface area (Å²) in [5.74, 6) is -0.979. The predicted molar refractivity (Wildman–Crippen MR) is 107 cm³/mol. The molecular weight excluding hydrogens is 344 g/mol. The first-order valence-corrected chi connectivity index (χ1v) is 9.57. The lowest BCUT2D eigenvalue weighted by Gasteiger charge is -2.18. The number of hydrogen-bond acceptors (Lipinski definition) is 3. The molecule has 1 saturated heterocycles. The van der Waals surface area contributed by atoms with Crippen LogP contribution in [-0.2, 0) is 9.59 Å². The zero-order valence-corrected chi connectivity index (χ0v) is 15.6. The molecule has 0 spiro atoms. The molecule has 0 bridgehead atoms. The minimum absolute atomic E-state index is 0.123. The molecule has 1 unspecified atom stereocenters. The number of fused-ring (bicyclic) bond motifs is 1. The Balaban J connectivity index is 1.50. The maximum Gasteiger partial charge on any atom is 0.239 e. The van der Waals surface area contributed by atoms with Crippen LogP contribution in [0.15, 0.2) is 47.8 Å². The first kappa shape index (κ1) is 16.8. The number of hydrogen-bond donors (Lipinski definition) is 1. The summed E-state index contributed by atoms with van der Waals surface area (Å²) < 4.78 is 1.18. The van der Waals surface area contributed by atoms with E-state index >= 15 is 0 Å². The number of thiophene rings is 1. The van der Waals surface area contributed by atoms with Crippen LogP contribution in [0, 0.1) is 19.8 Å². The van der Waals surface area contributed by atoms with Crippen molar-refractivity contribution in [3.05, 3.63) is 59.0 Å². The average Bonchev–Trinajstić information content (AvgIpc) is 3.23. The number of carbonyl (C=O) groups is 2. The van der Waals surface area contributed by atoms with Crippen LogP contribution in [-0.4, -0.2) is 18.4 Å². The molecule has 26 heavy (non-hydrogen) atoms. The Morgan fingerprint density at radius 1 is 1.12 bits per heavy atom. The smallest absolute Gasteiger partial charge is 0.239 e. The second kappa shape index (κ2) is 6.57. The third kappa shape index (κ3) is 2.99. The van der Waals surface area contributed by atoms with Gasteiger partial charge in [-0.3, -0.25) is 9.59 Å². The van der Waals surface area contributed by atoms with Gasteiger partial charge < -0.3 is 10.2 Å². The van der Waals surface area contributed by atoms with Crippen LogP contribution in [0.4, 0.5) is 11.4 Å². The molecule has 4 nitrogen and oxygen atoms in total. The molecular formula is C21H20N2O2S. The van der Waals surface area contributed by atoms with Gasteiger partial charge in [0.2, 0.25) is 11.8 Å². The zero-order chi connectivity index (χ0) is 18.3. The third-order valence-electron chi connectivity index (χ3n) is 5.04. The van der Waals surface area contributed by atoms with Crippen LogP contribution < -0.4 is 10.2 Å². The van der Waals surface area contributed by atoms with E-state index in [1.165, 1.54) is 10.3 Å². The van der Waals surface area contributed by atoms with Crippen molar-refractivity contribution in [3.8, 4) is 0 Å². The van der Waals surface area contributed by atoms with Crippen molar-refractivity contribution in [1.29, 1.82) is 0 Å². The number of benzene rings is 2. The minimum Gasteiger partial charge on any atom is -0.325 e. The Labute approximate surface area is 156 Å². The molecule has 2 amide bonds. The molecule has 2 heterocycles. The van der Waals surface area contributed by atoms with Crippen molar-refractivity contribution in [3.63, 3.8) is 0 Å². The molecule has 1 aliphatic rings. The molecule has 0 aliphatic carbocycles. The van der Waals surface area contributed by atoms with E-state index in [4.69, 9.17) is 0 Å². The van der Waals surface area contributed by atoms with Crippen LogP contribution in [0.5, 0.6) is 0 Å². The first-order valence-electron chi connectivity index (χ1n) is 8.70. The predicted octanol–water partition coefficient (Wildman–Crippen LogP) is 4.51. The van der Waals surface area contributed by atoms with Gasteiger partial charge in [-0.25, -0.2) is 0 Å². The van der Waals surface area contributed by atoms with Gasteiger partial charge in [0.05, 0.1) is 0 Å². The minimum atomic E-state index is -0.630. The van der Waals surface area contributed by atoms with Crippen molar-refractivity contribution in [2.75, 3.05) is 16.8 Å². The summed E-state index contributed by atoms with van der Waals surface area (Å²) in [4.78, 5) is 27.1. The van der Waals surface area contributed by atoms with E-state index in [1.54, 1.807) is 16.2 Å². The molecule has 4 rings (SSSR count). The van der Waals surface area contributed by atoms with E-state index in [2.05, 4.69) is 5.32 Å². The lowest BCUT2D eigenvalue weighted by atomic mass is 10.1. The highest BCUT2D eigenvalue weighted by molar-refractivity contribution is 7.17. The van der Waals surface area contributed by atoms with Gasteiger partial charge in [0.1, 0.15) is 5.92 Å². The summed E-state index contributed by atoms with van der Waals surface area (Å²) in [6.07, 6.45) is 0.540. The van der Waals surface area contributed by atoms with Crippen LogP contribution in [0.25, 0.3) is 10.1 Å².